The molecule has 1 fully saturated rings. The van der Waals surface area contributed by atoms with Crippen LogP contribution in [-0.2, 0) is 18.9 Å². The summed E-state index contributed by atoms with van der Waals surface area (Å²) in [6.07, 6.45) is -0.828. The van der Waals surface area contributed by atoms with Gasteiger partial charge in [-0.1, -0.05) is 23.7 Å². The molecular formula is C15H12ClN3O5S. The summed E-state index contributed by atoms with van der Waals surface area (Å²) in [6.45, 7) is 0.182. The molecule has 10 heteroatoms. The average Bonchev–Trinajstić information content (AvgIpc) is 2.85. The number of nitrogens with zero attached hydrogens (tertiary/aromatic N) is 2. The number of hydroxylamine groups is 2. The lowest BCUT2D eigenvalue weighted by molar-refractivity contribution is -0.0424. The topological polar surface area (TPSA) is 89.5 Å². The summed E-state index contributed by atoms with van der Waals surface area (Å²) in [5.74, 6) is 1.35. The molecule has 25 heavy (non-hydrogen) atoms. The van der Waals surface area contributed by atoms with E-state index in [1.54, 1.807) is 36.4 Å². The van der Waals surface area contributed by atoms with Gasteiger partial charge in [-0.2, -0.15) is 13.5 Å². The minimum Gasteiger partial charge on any atom is -0.455 e. The molecule has 2 heterocycles. The van der Waals surface area contributed by atoms with Gasteiger partial charge < -0.3 is 10.1 Å². The van der Waals surface area contributed by atoms with E-state index in [1.807, 2.05) is 12.1 Å². The van der Waals surface area contributed by atoms with Crippen LogP contribution in [0, 0.1) is 0 Å². The van der Waals surface area contributed by atoms with Crippen molar-refractivity contribution >= 4 is 33.6 Å². The van der Waals surface area contributed by atoms with Crippen LogP contribution < -0.4 is 10.1 Å². The van der Waals surface area contributed by atoms with E-state index >= 15 is 0 Å². The molecule has 2 aliphatic rings. The lowest BCUT2D eigenvalue weighted by Gasteiger charge is -2.23. The molecule has 2 aromatic carbocycles. The standard InChI is InChI=1S/C15H12ClN3O5S/c16-10-5-7-11(8-6-10)22-13-4-2-1-3-12(13)17-15-18-14-9-19(15)24-25(20,21)23-14/h1-8,14H,9H2,(H,17,18). The molecule has 4 rings (SSSR count). The molecule has 0 radical (unpaired) electrons. The van der Waals surface area contributed by atoms with Crippen LogP contribution in [0.25, 0.3) is 0 Å². The number of fused-ring (bicyclic) bond motifs is 2. The van der Waals surface area contributed by atoms with Crippen molar-refractivity contribution in [3.8, 4) is 11.5 Å². The van der Waals surface area contributed by atoms with E-state index in [0.29, 0.717) is 22.2 Å². The van der Waals surface area contributed by atoms with E-state index in [2.05, 4.69) is 10.3 Å². The number of para-hydroxylation sites is 2. The number of anilines is 1. The Labute approximate surface area is 148 Å². The van der Waals surface area contributed by atoms with Crippen molar-refractivity contribution in [3.63, 3.8) is 0 Å². The van der Waals surface area contributed by atoms with Crippen molar-refractivity contribution in [2.75, 3.05) is 11.9 Å². The second-order valence-electron chi connectivity index (χ2n) is 5.22. The third-order valence-electron chi connectivity index (χ3n) is 3.41. The molecule has 1 N–H and O–H groups in total. The summed E-state index contributed by atoms with van der Waals surface area (Å²) in [6, 6.07) is 14.1. The highest BCUT2D eigenvalue weighted by Crippen LogP contribution is 2.31. The minimum atomic E-state index is -4.08. The maximum atomic E-state index is 11.4. The molecule has 2 aliphatic heterocycles. The van der Waals surface area contributed by atoms with Crippen molar-refractivity contribution in [3.05, 3.63) is 53.6 Å². The molecule has 0 aromatic heterocycles. The van der Waals surface area contributed by atoms with Crippen molar-refractivity contribution < 1.29 is 21.6 Å². The van der Waals surface area contributed by atoms with E-state index in [1.165, 1.54) is 0 Å². The number of ether oxygens (including phenoxy) is 1. The number of hydrogen-bond donors (Lipinski definition) is 1. The van der Waals surface area contributed by atoms with Gasteiger partial charge >= 0.3 is 10.4 Å². The van der Waals surface area contributed by atoms with Gasteiger partial charge in [0.1, 0.15) is 5.75 Å². The first kappa shape index (κ1) is 16.2. The summed E-state index contributed by atoms with van der Waals surface area (Å²) in [4.78, 5) is 4.13. The molecule has 0 saturated carbocycles. The van der Waals surface area contributed by atoms with Crippen molar-refractivity contribution in [1.82, 2.24) is 5.06 Å². The van der Waals surface area contributed by atoms with Gasteiger partial charge in [0.2, 0.25) is 5.96 Å². The van der Waals surface area contributed by atoms with E-state index in [-0.39, 0.29) is 12.5 Å². The molecule has 1 atom stereocenters. The number of rotatable bonds is 3. The van der Waals surface area contributed by atoms with Gasteiger partial charge in [0.25, 0.3) is 0 Å². The Kier molecular flexibility index (Phi) is 4.00. The smallest absolute Gasteiger partial charge is 0.423 e. The van der Waals surface area contributed by atoms with Gasteiger partial charge in [0.05, 0.1) is 12.2 Å². The maximum Gasteiger partial charge on any atom is 0.423 e. The summed E-state index contributed by atoms with van der Waals surface area (Å²) >= 11 is 5.87. The molecule has 2 bridgehead atoms. The molecule has 0 aliphatic carbocycles. The molecule has 2 aromatic rings. The molecular weight excluding hydrogens is 370 g/mol. The Morgan fingerprint density at radius 3 is 2.76 bits per heavy atom. The van der Waals surface area contributed by atoms with Crippen LogP contribution in [0.3, 0.4) is 0 Å². The van der Waals surface area contributed by atoms with Crippen molar-refractivity contribution in [2.45, 2.75) is 6.23 Å². The summed E-state index contributed by atoms with van der Waals surface area (Å²) in [7, 11) is -4.08. The average molecular weight is 382 g/mol. The summed E-state index contributed by atoms with van der Waals surface area (Å²) in [5.41, 5.74) is 0.588. The minimum absolute atomic E-state index is 0.182. The first-order chi connectivity index (χ1) is 12.0. The van der Waals surface area contributed by atoms with Gasteiger partial charge in [-0.05, 0) is 36.4 Å². The van der Waals surface area contributed by atoms with Crippen LogP contribution in [0.1, 0.15) is 0 Å². The fraction of sp³-hybridized carbons (Fsp3) is 0.133. The molecule has 0 amide bonds. The van der Waals surface area contributed by atoms with Crippen molar-refractivity contribution in [1.29, 1.82) is 0 Å². The zero-order valence-corrected chi connectivity index (χ0v) is 14.2. The third kappa shape index (κ3) is 3.54. The number of benzene rings is 2. The predicted octanol–water partition coefficient (Wildman–Crippen LogP) is 2.75. The lowest BCUT2D eigenvalue weighted by atomic mass is 10.3. The highest BCUT2D eigenvalue weighted by molar-refractivity contribution is 7.81. The number of hydrogen-bond acceptors (Lipinski definition) is 8. The van der Waals surface area contributed by atoms with Gasteiger partial charge in [-0.15, -0.1) is 4.28 Å². The fourth-order valence-electron chi connectivity index (χ4n) is 2.36. The SMILES string of the molecule is O=S1(=O)OC2CN(O1)C(Nc1ccccc1Oc1ccc(Cl)cc1)=N2. The maximum absolute atomic E-state index is 11.4. The first-order valence-corrected chi connectivity index (χ1v) is 8.97. The Balaban J connectivity index is 1.56. The van der Waals surface area contributed by atoms with E-state index in [4.69, 9.17) is 24.8 Å². The highest BCUT2D eigenvalue weighted by Gasteiger charge is 2.40. The van der Waals surface area contributed by atoms with Crippen molar-refractivity contribution in [2.24, 2.45) is 4.99 Å². The van der Waals surface area contributed by atoms with Crippen LogP contribution in [0.5, 0.6) is 11.5 Å². The number of halogens is 1. The van der Waals surface area contributed by atoms with Crippen LogP contribution in [0.15, 0.2) is 53.5 Å². The third-order valence-corrected chi connectivity index (χ3v) is 4.48. The quantitative estimate of drug-likeness (QED) is 0.874. The monoisotopic (exact) mass is 381 g/mol. The zero-order valence-electron chi connectivity index (χ0n) is 12.6. The molecule has 8 nitrogen and oxygen atoms in total. The van der Waals surface area contributed by atoms with Crippen LogP contribution in [0.4, 0.5) is 5.69 Å². The number of aliphatic imine (C=N–C) groups is 1. The molecule has 0 spiro atoms. The predicted molar refractivity (Wildman–Crippen MR) is 90.6 cm³/mol. The van der Waals surface area contributed by atoms with E-state index in [0.717, 1.165) is 5.06 Å². The summed E-state index contributed by atoms with van der Waals surface area (Å²) < 4.78 is 38.1. The van der Waals surface area contributed by atoms with Crippen LogP contribution in [-0.4, -0.2) is 32.2 Å². The van der Waals surface area contributed by atoms with Gasteiger partial charge in [0.15, 0.2) is 12.0 Å². The highest BCUT2D eigenvalue weighted by atomic mass is 35.5. The normalized spacial score (nSPS) is 20.9. The Morgan fingerprint density at radius 1 is 1.20 bits per heavy atom. The van der Waals surface area contributed by atoms with Gasteiger partial charge in [0, 0.05) is 5.02 Å². The Hall–Kier alpha value is -2.33. The number of nitrogens with one attached hydrogen (secondary N) is 1. The second kappa shape index (κ2) is 6.19. The molecule has 1 saturated heterocycles. The number of guanidine groups is 1. The Morgan fingerprint density at radius 2 is 1.96 bits per heavy atom. The summed E-state index contributed by atoms with van der Waals surface area (Å²) in [5, 5.41) is 4.74. The largest absolute Gasteiger partial charge is 0.455 e. The zero-order chi connectivity index (χ0) is 17.4. The second-order valence-corrected chi connectivity index (χ2v) is 6.82. The van der Waals surface area contributed by atoms with Crippen LogP contribution >= 0.6 is 11.6 Å². The van der Waals surface area contributed by atoms with E-state index < -0.39 is 16.6 Å². The Bertz CT molecular complexity index is 932. The first-order valence-electron chi connectivity index (χ1n) is 7.26. The molecule has 130 valence electrons. The fourth-order valence-corrected chi connectivity index (χ4v) is 3.24. The molecule has 1 unspecified atom stereocenters. The van der Waals surface area contributed by atoms with Gasteiger partial charge in [-0.25, -0.2) is 9.18 Å². The lowest BCUT2D eigenvalue weighted by Crippen LogP contribution is -2.41. The van der Waals surface area contributed by atoms with E-state index in [9.17, 15) is 8.42 Å². The van der Waals surface area contributed by atoms with Gasteiger partial charge in [-0.3, -0.25) is 0 Å². The van der Waals surface area contributed by atoms with Crippen LogP contribution in [0.2, 0.25) is 5.02 Å².